The molecule has 1 aromatic heterocycles. The fraction of sp³-hybridized carbons (Fsp3) is 0.333. The Hall–Kier alpha value is -2.99. The number of hydrogen-bond donors (Lipinski definition) is 2. The van der Waals surface area contributed by atoms with Crippen LogP contribution in [-0.2, 0) is 10.0 Å². The van der Waals surface area contributed by atoms with Gasteiger partial charge in [0.15, 0.2) is 5.03 Å². The SMILES string of the molecule is N#Cc1ccc(OC2CN(S(=O)(=O)c3ccc(OC(F)(F)F)cn3)C[C@@]2(O)CO)cc1F. The van der Waals surface area contributed by atoms with Crippen LogP contribution in [0, 0.1) is 17.1 Å². The Bertz CT molecular complexity index is 1140. The summed E-state index contributed by atoms with van der Waals surface area (Å²) in [7, 11) is -4.41. The van der Waals surface area contributed by atoms with E-state index in [9.17, 15) is 36.2 Å². The van der Waals surface area contributed by atoms with Gasteiger partial charge in [0.25, 0.3) is 10.0 Å². The lowest BCUT2D eigenvalue weighted by molar-refractivity contribution is -0.274. The fourth-order valence-corrected chi connectivity index (χ4v) is 4.39. The molecular formula is C18H15F4N3O6S. The van der Waals surface area contributed by atoms with Crippen LogP contribution >= 0.6 is 0 Å². The summed E-state index contributed by atoms with van der Waals surface area (Å²) in [5, 5.41) is 28.4. The van der Waals surface area contributed by atoms with Crippen LogP contribution in [0.15, 0.2) is 41.6 Å². The first-order chi connectivity index (χ1) is 14.9. The van der Waals surface area contributed by atoms with Crippen molar-refractivity contribution in [3.63, 3.8) is 0 Å². The van der Waals surface area contributed by atoms with Crippen molar-refractivity contribution in [2.75, 3.05) is 19.7 Å². The van der Waals surface area contributed by atoms with Crippen LogP contribution in [0.4, 0.5) is 17.6 Å². The summed E-state index contributed by atoms with van der Waals surface area (Å²) in [6.45, 7) is -2.02. The van der Waals surface area contributed by atoms with Crippen LogP contribution in [0.3, 0.4) is 0 Å². The number of aliphatic hydroxyl groups is 2. The van der Waals surface area contributed by atoms with E-state index in [4.69, 9.17) is 10.00 Å². The number of ether oxygens (including phenoxy) is 2. The van der Waals surface area contributed by atoms with Crippen molar-refractivity contribution in [3.05, 3.63) is 47.9 Å². The van der Waals surface area contributed by atoms with Gasteiger partial charge in [-0.2, -0.15) is 9.57 Å². The number of aliphatic hydroxyl groups excluding tert-OH is 1. The van der Waals surface area contributed by atoms with Crippen molar-refractivity contribution in [2.24, 2.45) is 0 Å². The maximum absolute atomic E-state index is 13.8. The highest BCUT2D eigenvalue weighted by Crippen LogP contribution is 2.31. The largest absolute Gasteiger partial charge is 0.573 e. The Morgan fingerprint density at radius 3 is 2.50 bits per heavy atom. The molecule has 14 heteroatoms. The predicted octanol–water partition coefficient (Wildman–Crippen LogP) is 1.17. The molecule has 0 bridgehead atoms. The Morgan fingerprint density at radius 1 is 1.28 bits per heavy atom. The van der Waals surface area contributed by atoms with Gasteiger partial charge >= 0.3 is 6.36 Å². The molecule has 3 rings (SSSR count). The zero-order valence-corrected chi connectivity index (χ0v) is 16.8. The van der Waals surface area contributed by atoms with Gasteiger partial charge < -0.3 is 19.7 Å². The van der Waals surface area contributed by atoms with E-state index in [-0.39, 0.29) is 11.3 Å². The Balaban J connectivity index is 1.81. The van der Waals surface area contributed by atoms with Gasteiger partial charge in [0.2, 0.25) is 0 Å². The number of β-amino-alcohol motifs (C(OH)–C–C–N with tert-alkyl or cyclic N) is 1. The number of rotatable bonds is 6. The lowest BCUT2D eigenvalue weighted by atomic mass is 10.0. The molecule has 172 valence electrons. The first kappa shape index (κ1) is 23.7. The topological polar surface area (TPSA) is 133 Å². The minimum absolute atomic E-state index is 0.121. The number of halogens is 4. The molecular weight excluding hydrogens is 462 g/mol. The fourth-order valence-electron chi connectivity index (χ4n) is 2.98. The Kier molecular flexibility index (Phi) is 6.29. The minimum atomic E-state index is -4.98. The number of sulfonamides is 1. The van der Waals surface area contributed by atoms with Gasteiger partial charge in [-0.15, -0.1) is 13.2 Å². The third-order valence-electron chi connectivity index (χ3n) is 4.58. The molecule has 1 aromatic carbocycles. The zero-order valence-electron chi connectivity index (χ0n) is 16.0. The summed E-state index contributed by atoms with van der Waals surface area (Å²) in [4.78, 5) is 3.47. The van der Waals surface area contributed by atoms with Crippen molar-refractivity contribution in [1.82, 2.24) is 9.29 Å². The number of pyridine rings is 1. The summed E-state index contributed by atoms with van der Waals surface area (Å²) < 4.78 is 86.1. The predicted molar refractivity (Wildman–Crippen MR) is 97.2 cm³/mol. The number of benzene rings is 1. The van der Waals surface area contributed by atoms with Gasteiger partial charge in [-0.3, -0.25) is 0 Å². The van der Waals surface area contributed by atoms with E-state index in [1.807, 2.05) is 0 Å². The maximum Gasteiger partial charge on any atom is 0.573 e. The highest BCUT2D eigenvalue weighted by atomic mass is 32.2. The highest BCUT2D eigenvalue weighted by molar-refractivity contribution is 7.89. The number of hydrogen-bond acceptors (Lipinski definition) is 8. The molecule has 0 amide bonds. The Labute approximate surface area is 179 Å². The van der Waals surface area contributed by atoms with Gasteiger partial charge in [0.1, 0.15) is 35.1 Å². The smallest absolute Gasteiger partial charge is 0.486 e. The second-order valence-electron chi connectivity index (χ2n) is 6.80. The van der Waals surface area contributed by atoms with Gasteiger partial charge in [0.05, 0.1) is 24.9 Å². The molecule has 1 aliphatic heterocycles. The lowest BCUT2D eigenvalue weighted by Gasteiger charge is -2.27. The number of nitriles is 1. The summed E-state index contributed by atoms with van der Waals surface area (Å²) in [6.07, 6.45) is -5.74. The van der Waals surface area contributed by atoms with Gasteiger partial charge in [-0.05, 0) is 24.3 Å². The van der Waals surface area contributed by atoms with Crippen molar-refractivity contribution in [3.8, 4) is 17.6 Å². The molecule has 2 atom stereocenters. The van der Waals surface area contributed by atoms with Crippen molar-refractivity contribution < 1.29 is 45.7 Å². The Morgan fingerprint density at radius 2 is 1.97 bits per heavy atom. The molecule has 2 N–H and O–H groups in total. The molecule has 1 unspecified atom stereocenters. The average molecular weight is 477 g/mol. The van der Waals surface area contributed by atoms with Crippen molar-refractivity contribution >= 4 is 10.0 Å². The summed E-state index contributed by atoms with van der Waals surface area (Å²) in [5.41, 5.74) is -2.33. The number of alkyl halides is 3. The third-order valence-corrected chi connectivity index (χ3v) is 6.31. The molecule has 1 fully saturated rings. The van der Waals surface area contributed by atoms with E-state index < -0.39 is 64.4 Å². The van der Waals surface area contributed by atoms with Crippen LogP contribution in [0.25, 0.3) is 0 Å². The second kappa shape index (κ2) is 8.51. The van der Waals surface area contributed by atoms with E-state index in [2.05, 4.69) is 9.72 Å². The van der Waals surface area contributed by atoms with E-state index in [1.54, 1.807) is 6.07 Å². The summed E-state index contributed by atoms with van der Waals surface area (Å²) in [5.74, 6) is -1.75. The van der Waals surface area contributed by atoms with Gasteiger partial charge in [-0.1, -0.05) is 0 Å². The summed E-state index contributed by atoms with van der Waals surface area (Å²) in [6, 6.07) is 6.40. The van der Waals surface area contributed by atoms with Crippen molar-refractivity contribution in [2.45, 2.75) is 23.1 Å². The van der Waals surface area contributed by atoms with Crippen LogP contribution in [0.2, 0.25) is 0 Å². The van der Waals surface area contributed by atoms with Crippen LogP contribution in [-0.4, -0.2) is 65.7 Å². The first-order valence-corrected chi connectivity index (χ1v) is 10.2. The van der Waals surface area contributed by atoms with Crippen LogP contribution in [0.5, 0.6) is 11.5 Å². The molecule has 32 heavy (non-hydrogen) atoms. The molecule has 0 saturated carbocycles. The molecule has 0 aliphatic carbocycles. The van der Waals surface area contributed by atoms with Crippen LogP contribution in [0.1, 0.15) is 5.56 Å². The monoisotopic (exact) mass is 477 g/mol. The lowest BCUT2D eigenvalue weighted by Crippen LogP contribution is -2.48. The standard InChI is InChI=1S/C18H15F4N3O6S/c19-14-5-12(2-1-11(14)6-23)30-15-8-25(9-17(15,27)10-26)32(28,29)16-4-3-13(7-24-16)31-18(20,21)22/h1-5,7,15,26-27H,8-10H2/t15?,17-/m1/s1. The molecule has 0 radical (unpaired) electrons. The number of nitrogens with zero attached hydrogens (tertiary/aromatic N) is 3. The molecule has 1 saturated heterocycles. The van der Waals surface area contributed by atoms with E-state index in [0.717, 1.165) is 28.6 Å². The average Bonchev–Trinajstić information content (AvgIpc) is 3.05. The van der Waals surface area contributed by atoms with Crippen LogP contribution < -0.4 is 9.47 Å². The zero-order chi connectivity index (χ0) is 23.7. The quantitative estimate of drug-likeness (QED) is 0.593. The third kappa shape index (κ3) is 4.91. The molecule has 2 aromatic rings. The molecule has 2 heterocycles. The van der Waals surface area contributed by atoms with Gasteiger partial charge in [-0.25, -0.2) is 17.8 Å². The van der Waals surface area contributed by atoms with E-state index >= 15 is 0 Å². The number of aromatic nitrogens is 1. The molecule has 9 nitrogen and oxygen atoms in total. The maximum atomic E-state index is 13.8. The highest BCUT2D eigenvalue weighted by Gasteiger charge is 2.51. The normalized spacial score (nSPS) is 21.8. The molecule has 1 aliphatic rings. The van der Waals surface area contributed by atoms with Gasteiger partial charge in [0, 0.05) is 12.6 Å². The summed E-state index contributed by atoms with van der Waals surface area (Å²) >= 11 is 0. The van der Waals surface area contributed by atoms with E-state index in [1.165, 1.54) is 6.07 Å². The second-order valence-corrected chi connectivity index (χ2v) is 8.68. The first-order valence-electron chi connectivity index (χ1n) is 8.79. The minimum Gasteiger partial charge on any atom is -0.486 e. The van der Waals surface area contributed by atoms with E-state index in [0.29, 0.717) is 6.20 Å². The molecule has 0 spiro atoms. The van der Waals surface area contributed by atoms with Crippen molar-refractivity contribution in [1.29, 1.82) is 5.26 Å².